The van der Waals surface area contributed by atoms with Crippen LogP contribution >= 0.6 is 0 Å². The van der Waals surface area contributed by atoms with Gasteiger partial charge < -0.3 is 25.2 Å². The number of carbonyl (C=O) groups is 4. The van der Waals surface area contributed by atoms with E-state index in [4.69, 9.17) is 4.74 Å². The molecule has 10 nitrogen and oxygen atoms in total. The number of hydrogen-bond acceptors (Lipinski definition) is 6. The second-order valence-corrected chi connectivity index (χ2v) is 14.1. The maximum atomic E-state index is 14.2. The molecule has 0 aromatic heterocycles. The number of nitrogens with one attached hydrogen (secondary N) is 2. The lowest BCUT2D eigenvalue weighted by atomic mass is 9.51. The highest BCUT2D eigenvalue weighted by molar-refractivity contribution is 5.84. The van der Waals surface area contributed by atoms with Crippen molar-refractivity contribution in [2.75, 3.05) is 26.2 Å². The summed E-state index contributed by atoms with van der Waals surface area (Å²) in [7, 11) is 0. The summed E-state index contributed by atoms with van der Waals surface area (Å²) in [6.07, 6.45) is 2.91. The van der Waals surface area contributed by atoms with Crippen LogP contribution in [0.15, 0.2) is 60.7 Å². The number of fused-ring (bicyclic) bond motifs is 3. The third kappa shape index (κ3) is 6.49. The number of hydrogen-bond donors (Lipinski definition) is 2. The lowest BCUT2D eigenvalue weighted by Crippen LogP contribution is -2.58. The molecule has 2 aromatic rings. The molecule has 3 saturated carbocycles. The minimum absolute atomic E-state index is 0.0292. The zero-order valence-electron chi connectivity index (χ0n) is 27.5. The van der Waals surface area contributed by atoms with Crippen LogP contribution in [-0.2, 0) is 24.7 Å². The van der Waals surface area contributed by atoms with E-state index in [9.17, 15) is 28.8 Å². The van der Waals surface area contributed by atoms with Crippen LogP contribution in [-0.4, -0.2) is 72.0 Å². The summed E-state index contributed by atoms with van der Waals surface area (Å²) in [5.74, 6) is -0.429. The first-order chi connectivity index (χ1) is 23.1. The maximum Gasteiger partial charge on any atom is 0.408 e. The molecule has 3 aliphatic carbocycles. The standard InChI is InChI=1S/C37H44FN5O5/c1-26(44)41-37(28-10-6-3-7-11-28)18-20-42(21-19-37)33(46)36-15-12-35(13-16-36,14-17-36)32(27-8-4-2-5-9-27)48-34(47)40-24-31(45)43-25-29(38)22-30(43)23-39/h2-11,29-30,32H,12-22,24-25H2,1H3,(H,40,47)(H,41,44)/t29-,30-,32?,35?,36?/m0/s1. The molecule has 7 rings (SSSR count). The molecule has 2 heterocycles. The third-order valence-corrected chi connectivity index (χ3v) is 11.4. The average Bonchev–Trinajstić information content (AvgIpc) is 3.51. The van der Waals surface area contributed by atoms with Crippen molar-refractivity contribution in [1.29, 1.82) is 5.26 Å². The van der Waals surface area contributed by atoms with Crippen LogP contribution in [0.3, 0.4) is 0 Å². The number of nitriles is 1. The third-order valence-electron chi connectivity index (χ3n) is 11.4. The van der Waals surface area contributed by atoms with Gasteiger partial charge in [0.05, 0.1) is 18.2 Å². The van der Waals surface area contributed by atoms with Crippen molar-refractivity contribution in [2.24, 2.45) is 10.8 Å². The molecule has 11 heteroatoms. The van der Waals surface area contributed by atoms with Crippen LogP contribution in [0, 0.1) is 22.2 Å². The number of alkyl halides is 1. The van der Waals surface area contributed by atoms with E-state index in [1.807, 2.05) is 71.6 Å². The zero-order valence-corrected chi connectivity index (χ0v) is 27.5. The van der Waals surface area contributed by atoms with Gasteiger partial charge in [0, 0.05) is 37.3 Å². The van der Waals surface area contributed by atoms with Crippen molar-refractivity contribution in [1.82, 2.24) is 20.4 Å². The van der Waals surface area contributed by atoms with Crippen LogP contribution in [0.25, 0.3) is 0 Å². The van der Waals surface area contributed by atoms with Gasteiger partial charge >= 0.3 is 6.09 Å². The molecule has 0 radical (unpaired) electrons. The average molecular weight is 658 g/mol. The highest BCUT2D eigenvalue weighted by atomic mass is 19.1. The Balaban J connectivity index is 1.10. The van der Waals surface area contributed by atoms with Crippen LogP contribution in [0.4, 0.5) is 9.18 Å². The molecule has 48 heavy (non-hydrogen) atoms. The molecular formula is C37H44FN5O5. The van der Waals surface area contributed by atoms with Gasteiger partial charge in [-0.2, -0.15) is 5.26 Å². The Morgan fingerprint density at radius 2 is 1.54 bits per heavy atom. The molecule has 254 valence electrons. The fourth-order valence-electron chi connectivity index (χ4n) is 8.69. The van der Waals surface area contributed by atoms with E-state index in [-0.39, 0.29) is 36.7 Å². The molecule has 2 bridgehead atoms. The quantitative estimate of drug-likeness (QED) is 0.415. The lowest BCUT2D eigenvalue weighted by molar-refractivity contribution is -0.160. The van der Waals surface area contributed by atoms with E-state index in [1.54, 1.807) is 0 Å². The second-order valence-electron chi connectivity index (χ2n) is 14.1. The van der Waals surface area contributed by atoms with Gasteiger partial charge in [-0.1, -0.05) is 60.7 Å². The Bertz CT molecular complexity index is 1530. The minimum Gasteiger partial charge on any atom is -0.441 e. The number of rotatable bonds is 8. The highest BCUT2D eigenvalue weighted by Crippen LogP contribution is 2.63. The first-order valence-electron chi connectivity index (χ1n) is 17.0. The van der Waals surface area contributed by atoms with E-state index in [0.717, 1.165) is 11.1 Å². The summed E-state index contributed by atoms with van der Waals surface area (Å²) in [4.78, 5) is 55.4. The summed E-state index contributed by atoms with van der Waals surface area (Å²) in [6, 6.07) is 20.7. The molecule has 2 saturated heterocycles. The lowest BCUT2D eigenvalue weighted by Gasteiger charge is -2.56. The highest BCUT2D eigenvalue weighted by Gasteiger charge is 2.57. The van der Waals surface area contributed by atoms with Gasteiger partial charge in [-0.15, -0.1) is 0 Å². The summed E-state index contributed by atoms with van der Waals surface area (Å²) >= 11 is 0. The molecule has 5 aliphatic rings. The molecule has 4 amide bonds. The molecule has 2 aliphatic heterocycles. The van der Waals surface area contributed by atoms with E-state index < -0.39 is 41.3 Å². The smallest absolute Gasteiger partial charge is 0.408 e. The van der Waals surface area contributed by atoms with Crippen molar-refractivity contribution in [3.8, 4) is 6.07 Å². The fourth-order valence-corrected chi connectivity index (χ4v) is 8.69. The van der Waals surface area contributed by atoms with E-state index in [0.29, 0.717) is 64.5 Å². The predicted molar refractivity (Wildman–Crippen MR) is 175 cm³/mol. The molecule has 1 unspecified atom stereocenters. The molecule has 2 N–H and O–H groups in total. The van der Waals surface area contributed by atoms with Crippen molar-refractivity contribution in [3.05, 3.63) is 71.8 Å². The number of alkyl carbamates (subject to hydrolysis) is 1. The first kappa shape index (κ1) is 33.4. The number of ether oxygens (including phenoxy) is 1. The first-order valence-corrected chi connectivity index (χ1v) is 17.0. The molecule has 2 aromatic carbocycles. The molecular weight excluding hydrogens is 613 g/mol. The SMILES string of the molecule is CC(=O)NC1(c2ccccc2)CCN(C(=O)C23CCC(C(OC(=O)NCC(=O)N4C[C@@H](F)C[C@H]4C#N)c4ccccc4)(CC2)CC3)CC1. The van der Waals surface area contributed by atoms with Gasteiger partial charge in [-0.3, -0.25) is 14.4 Å². The van der Waals surface area contributed by atoms with Crippen LogP contribution in [0.2, 0.25) is 0 Å². The minimum atomic E-state index is -1.26. The van der Waals surface area contributed by atoms with Crippen LogP contribution in [0.5, 0.6) is 0 Å². The van der Waals surface area contributed by atoms with Crippen molar-refractivity contribution in [2.45, 2.75) is 88.6 Å². The number of nitrogens with zero attached hydrogens (tertiary/aromatic N) is 3. The predicted octanol–water partition coefficient (Wildman–Crippen LogP) is 4.91. The Labute approximate surface area is 281 Å². The molecule has 0 spiro atoms. The van der Waals surface area contributed by atoms with Crippen LogP contribution in [0.1, 0.15) is 81.9 Å². The number of amides is 4. The number of carbonyl (C=O) groups excluding carboxylic acids is 4. The van der Waals surface area contributed by atoms with Crippen molar-refractivity contribution < 1.29 is 28.3 Å². The second kappa shape index (κ2) is 13.6. The number of piperidine rings is 1. The van der Waals surface area contributed by atoms with Gasteiger partial charge in [0.1, 0.15) is 24.9 Å². The molecule has 3 atom stereocenters. The normalized spacial score (nSPS) is 28.2. The summed E-state index contributed by atoms with van der Waals surface area (Å²) in [5, 5.41) is 15.0. The van der Waals surface area contributed by atoms with Gasteiger partial charge in [-0.05, 0) is 62.5 Å². The van der Waals surface area contributed by atoms with E-state index in [1.165, 1.54) is 11.8 Å². The number of halogens is 1. The Morgan fingerprint density at radius 3 is 2.12 bits per heavy atom. The van der Waals surface area contributed by atoms with Gasteiger partial charge in [-0.25, -0.2) is 9.18 Å². The van der Waals surface area contributed by atoms with Gasteiger partial charge in [0.2, 0.25) is 17.7 Å². The summed E-state index contributed by atoms with van der Waals surface area (Å²) in [6.45, 7) is 2.11. The Kier molecular flexibility index (Phi) is 9.46. The van der Waals surface area contributed by atoms with Gasteiger partial charge in [0.25, 0.3) is 0 Å². The van der Waals surface area contributed by atoms with Crippen LogP contribution < -0.4 is 10.6 Å². The number of likely N-dealkylation sites (tertiary alicyclic amines) is 2. The summed E-state index contributed by atoms with van der Waals surface area (Å²) < 4.78 is 19.9. The maximum absolute atomic E-state index is 14.2. The van der Waals surface area contributed by atoms with Gasteiger partial charge in [0.15, 0.2) is 0 Å². The fraction of sp³-hybridized carbons (Fsp3) is 0.541. The topological polar surface area (TPSA) is 132 Å². The number of benzene rings is 2. The zero-order chi connectivity index (χ0) is 33.9. The Morgan fingerprint density at radius 1 is 0.938 bits per heavy atom. The monoisotopic (exact) mass is 657 g/mol. The van der Waals surface area contributed by atoms with E-state index in [2.05, 4.69) is 10.6 Å². The Hall–Kier alpha value is -4.46. The molecule has 5 fully saturated rings. The summed E-state index contributed by atoms with van der Waals surface area (Å²) in [5.41, 5.74) is 0.600. The van der Waals surface area contributed by atoms with Crippen molar-refractivity contribution in [3.63, 3.8) is 0 Å². The largest absolute Gasteiger partial charge is 0.441 e. The van der Waals surface area contributed by atoms with Crippen molar-refractivity contribution >= 4 is 23.8 Å². The van der Waals surface area contributed by atoms with E-state index >= 15 is 0 Å².